The molecule has 0 aliphatic heterocycles. The molecule has 0 spiro atoms. The van der Waals surface area contributed by atoms with Crippen LogP contribution in [0, 0.1) is 17.8 Å². The standard InChI is InChI=1S/C19H24N4O2/c1-25-22-10-14-9-21-18-15(2-3-20-18)17(14)23-16-12-4-11-5-13(16)8-19(24,6-11)7-12/h2-3,9-13,16,24H,4-8H2,1H3,(H2,20,21,23)/t11?,12?,13?,16-,19+. The lowest BCUT2D eigenvalue weighted by molar-refractivity contribution is -0.129. The molecule has 0 radical (unpaired) electrons. The highest BCUT2D eigenvalue weighted by atomic mass is 16.6. The topological polar surface area (TPSA) is 82.5 Å². The maximum Gasteiger partial charge on any atom is 0.139 e. The predicted molar refractivity (Wildman–Crippen MR) is 96.6 cm³/mol. The monoisotopic (exact) mass is 340 g/mol. The highest BCUT2D eigenvalue weighted by molar-refractivity contribution is 6.00. The molecule has 6 nitrogen and oxygen atoms in total. The fourth-order valence-corrected chi connectivity index (χ4v) is 5.78. The fraction of sp³-hybridized carbons (Fsp3) is 0.579. The average molecular weight is 340 g/mol. The van der Waals surface area contributed by atoms with Gasteiger partial charge in [-0.25, -0.2) is 4.98 Å². The Morgan fingerprint density at radius 3 is 2.88 bits per heavy atom. The first kappa shape index (κ1) is 15.2. The van der Waals surface area contributed by atoms with Crippen LogP contribution in [0.2, 0.25) is 0 Å². The zero-order valence-corrected chi connectivity index (χ0v) is 14.4. The van der Waals surface area contributed by atoms with Crippen molar-refractivity contribution in [2.45, 2.75) is 43.7 Å². The Hall–Kier alpha value is -2.08. The molecule has 2 aromatic rings. The van der Waals surface area contributed by atoms with Gasteiger partial charge in [-0.05, 0) is 55.9 Å². The lowest BCUT2D eigenvalue weighted by Gasteiger charge is -2.58. The lowest BCUT2D eigenvalue weighted by atomic mass is 9.52. The molecule has 4 bridgehead atoms. The van der Waals surface area contributed by atoms with Crippen LogP contribution in [0.25, 0.3) is 11.0 Å². The Bertz CT molecular complexity index is 814. The number of pyridine rings is 1. The van der Waals surface area contributed by atoms with Crippen LogP contribution < -0.4 is 5.32 Å². The number of H-pyrrole nitrogens is 1. The molecular formula is C19H24N4O2. The number of anilines is 1. The largest absolute Gasteiger partial charge is 0.399 e. The van der Waals surface area contributed by atoms with E-state index in [1.807, 2.05) is 12.4 Å². The first-order valence-electron chi connectivity index (χ1n) is 9.17. The van der Waals surface area contributed by atoms with Gasteiger partial charge in [-0.2, -0.15) is 0 Å². The third-order valence-corrected chi connectivity index (χ3v) is 6.46. The van der Waals surface area contributed by atoms with E-state index in [0.717, 1.165) is 41.5 Å². The number of nitrogens with zero attached hydrogens (tertiary/aromatic N) is 2. The summed E-state index contributed by atoms with van der Waals surface area (Å²) in [4.78, 5) is 12.5. The van der Waals surface area contributed by atoms with Crippen LogP contribution >= 0.6 is 0 Å². The summed E-state index contributed by atoms with van der Waals surface area (Å²) in [6, 6.07) is 2.46. The number of rotatable bonds is 4. The molecule has 0 amide bonds. The summed E-state index contributed by atoms with van der Waals surface area (Å²) in [5.41, 5.74) is 2.47. The molecule has 2 atom stereocenters. The number of oxime groups is 1. The van der Waals surface area contributed by atoms with Gasteiger partial charge in [0.2, 0.25) is 0 Å². The van der Waals surface area contributed by atoms with Gasteiger partial charge in [-0.15, -0.1) is 0 Å². The average Bonchev–Trinajstić information content (AvgIpc) is 3.04. The first-order valence-corrected chi connectivity index (χ1v) is 9.17. The van der Waals surface area contributed by atoms with Crippen molar-refractivity contribution in [1.29, 1.82) is 0 Å². The molecule has 132 valence electrons. The smallest absolute Gasteiger partial charge is 0.139 e. The number of aliphatic hydroxyl groups is 1. The third-order valence-electron chi connectivity index (χ3n) is 6.46. The number of aromatic nitrogens is 2. The van der Waals surface area contributed by atoms with E-state index in [1.165, 1.54) is 12.8 Å². The van der Waals surface area contributed by atoms with Crippen LogP contribution in [0.1, 0.15) is 37.7 Å². The Labute approximate surface area is 146 Å². The van der Waals surface area contributed by atoms with Crippen molar-refractivity contribution in [2.75, 3.05) is 12.4 Å². The van der Waals surface area contributed by atoms with E-state index in [-0.39, 0.29) is 0 Å². The van der Waals surface area contributed by atoms with Gasteiger partial charge in [0.1, 0.15) is 12.8 Å². The van der Waals surface area contributed by atoms with Gasteiger partial charge in [-0.1, -0.05) is 5.16 Å². The van der Waals surface area contributed by atoms with E-state index in [0.29, 0.717) is 23.8 Å². The van der Waals surface area contributed by atoms with Crippen molar-refractivity contribution < 1.29 is 9.94 Å². The van der Waals surface area contributed by atoms with E-state index in [1.54, 1.807) is 13.3 Å². The van der Waals surface area contributed by atoms with Crippen molar-refractivity contribution in [2.24, 2.45) is 22.9 Å². The summed E-state index contributed by atoms with van der Waals surface area (Å²) in [6.07, 6.45) is 10.8. The molecule has 2 heterocycles. The zero-order valence-electron chi connectivity index (χ0n) is 14.4. The summed E-state index contributed by atoms with van der Waals surface area (Å²) in [5.74, 6) is 1.80. The molecule has 6 rings (SSSR count). The van der Waals surface area contributed by atoms with E-state index in [2.05, 4.69) is 26.5 Å². The normalized spacial score (nSPS) is 36.4. The minimum absolute atomic E-state index is 0.406. The van der Waals surface area contributed by atoms with Crippen molar-refractivity contribution in [3.8, 4) is 0 Å². The number of hydrogen-bond acceptors (Lipinski definition) is 5. The van der Waals surface area contributed by atoms with Crippen LogP contribution in [0.5, 0.6) is 0 Å². The molecule has 2 unspecified atom stereocenters. The van der Waals surface area contributed by atoms with Gasteiger partial charge in [0, 0.05) is 29.4 Å². The highest BCUT2D eigenvalue weighted by Crippen LogP contribution is 2.56. The Morgan fingerprint density at radius 1 is 1.36 bits per heavy atom. The molecule has 0 saturated heterocycles. The minimum atomic E-state index is -0.406. The Balaban J connectivity index is 1.51. The van der Waals surface area contributed by atoms with Gasteiger partial charge in [0.15, 0.2) is 0 Å². The summed E-state index contributed by atoms with van der Waals surface area (Å²) < 4.78 is 0. The molecule has 4 aliphatic carbocycles. The van der Waals surface area contributed by atoms with E-state index in [4.69, 9.17) is 4.84 Å². The van der Waals surface area contributed by atoms with Gasteiger partial charge < -0.3 is 20.2 Å². The van der Waals surface area contributed by atoms with Gasteiger partial charge in [0.05, 0.1) is 17.5 Å². The first-order chi connectivity index (χ1) is 12.1. The van der Waals surface area contributed by atoms with Crippen LogP contribution in [0.4, 0.5) is 5.69 Å². The zero-order chi connectivity index (χ0) is 17.0. The summed E-state index contributed by atoms with van der Waals surface area (Å²) in [6.45, 7) is 0. The summed E-state index contributed by atoms with van der Waals surface area (Å²) in [7, 11) is 1.55. The second kappa shape index (κ2) is 5.46. The maximum atomic E-state index is 10.8. The maximum absolute atomic E-state index is 10.8. The van der Waals surface area contributed by atoms with Crippen molar-refractivity contribution in [1.82, 2.24) is 9.97 Å². The molecule has 6 heteroatoms. The molecule has 4 fully saturated rings. The lowest BCUT2D eigenvalue weighted by Crippen LogP contribution is -2.59. The quantitative estimate of drug-likeness (QED) is 0.590. The fourth-order valence-electron chi connectivity index (χ4n) is 5.78. The molecule has 0 aromatic carbocycles. The molecule has 3 N–H and O–H groups in total. The van der Waals surface area contributed by atoms with Crippen molar-refractivity contribution >= 4 is 22.9 Å². The Morgan fingerprint density at radius 2 is 2.16 bits per heavy atom. The molecule has 2 aromatic heterocycles. The van der Waals surface area contributed by atoms with E-state index >= 15 is 0 Å². The Kier molecular flexibility index (Phi) is 3.32. The van der Waals surface area contributed by atoms with Crippen LogP contribution in [-0.4, -0.2) is 40.0 Å². The molecule has 4 aliphatic rings. The number of nitrogens with one attached hydrogen (secondary N) is 2. The highest BCUT2D eigenvalue weighted by Gasteiger charge is 2.54. The third kappa shape index (κ3) is 2.42. The molecule has 4 saturated carbocycles. The molecule has 25 heavy (non-hydrogen) atoms. The SMILES string of the molecule is CON=Cc1cnc2[nH]ccc2c1N[C@H]1C2CC3CC1C[C@@](O)(C3)C2. The van der Waals surface area contributed by atoms with Crippen molar-refractivity contribution in [3.63, 3.8) is 0 Å². The van der Waals surface area contributed by atoms with Gasteiger partial charge in [0.25, 0.3) is 0 Å². The van der Waals surface area contributed by atoms with Gasteiger partial charge >= 0.3 is 0 Å². The van der Waals surface area contributed by atoms with Crippen molar-refractivity contribution in [3.05, 3.63) is 24.0 Å². The number of fused-ring (bicyclic) bond motifs is 1. The minimum Gasteiger partial charge on any atom is -0.399 e. The number of aromatic amines is 1. The summed E-state index contributed by atoms with van der Waals surface area (Å²) in [5, 5.41) is 19.7. The van der Waals surface area contributed by atoms with Crippen LogP contribution in [0.3, 0.4) is 0 Å². The predicted octanol–water partition coefficient (Wildman–Crippen LogP) is 2.89. The summed E-state index contributed by atoms with van der Waals surface area (Å²) >= 11 is 0. The number of hydrogen-bond donors (Lipinski definition) is 3. The van der Waals surface area contributed by atoms with E-state index < -0.39 is 5.60 Å². The van der Waals surface area contributed by atoms with Gasteiger partial charge in [-0.3, -0.25) is 0 Å². The second-order valence-corrected chi connectivity index (χ2v) is 8.11. The van der Waals surface area contributed by atoms with Crippen LogP contribution in [0.15, 0.2) is 23.6 Å². The van der Waals surface area contributed by atoms with E-state index in [9.17, 15) is 5.11 Å². The molecular weight excluding hydrogens is 316 g/mol. The van der Waals surface area contributed by atoms with Crippen LogP contribution in [-0.2, 0) is 4.84 Å². The second-order valence-electron chi connectivity index (χ2n) is 8.11.